The second-order valence-corrected chi connectivity index (χ2v) is 6.30. The van der Waals surface area contributed by atoms with Crippen LogP contribution in [0.3, 0.4) is 0 Å². The molecule has 0 saturated heterocycles. The van der Waals surface area contributed by atoms with E-state index in [2.05, 4.69) is 22.1 Å². The minimum absolute atomic E-state index is 0.0862. The topological polar surface area (TPSA) is 59.8 Å². The van der Waals surface area contributed by atoms with Crippen molar-refractivity contribution in [2.24, 2.45) is 0 Å². The molecule has 3 aromatic rings. The highest BCUT2D eigenvalue weighted by molar-refractivity contribution is 7.99. The van der Waals surface area contributed by atoms with Gasteiger partial charge in [0.25, 0.3) is 0 Å². The maximum Gasteiger partial charge on any atom is 0.234 e. The summed E-state index contributed by atoms with van der Waals surface area (Å²) in [5.74, 6) is 0.897. The van der Waals surface area contributed by atoms with Gasteiger partial charge in [-0.1, -0.05) is 36.5 Å². The summed E-state index contributed by atoms with van der Waals surface area (Å²) in [4.78, 5) is 12.0. The number of carbonyl (C=O) groups is 1. The number of benzene rings is 1. The van der Waals surface area contributed by atoms with Crippen molar-refractivity contribution in [3.63, 3.8) is 0 Å². The molecule has 7 heteroatoms. The summed E-state index contributed by atoms with van der Waals surface area (Å²) in [5, 5.41) is 15.8. The molecule has 0 spiro atoms. The summed E-state index contributed by atoms with van der Waals surface area (Å²) in [5.41, 5.74) is 1.77. The molecule has 0 aliphatic carbocycles. The van der Waals surface area contributed by atoms with E-state index in [-0.39, 0.29) is 11.7 Å². The molecule has 1 aromatic carbocycles. The van der Waals surface area contributed by atoms with Gasteiger partial charge in [0.1, 0.15) is 0 Å². The first-order chi connectivity index (χ1) is 11.3. The molecule has 2 heterocycles. The van der Waals surface area contributed by atoms with Crippen molar-refractivity contribution in [1.29, 1.82) is 0 Å². The molecule has 0 aliphatic rings. The number of nitrogens with one attached hydrogen (secondary N) is 1. The number of anilines is 1. The molecule has 23 heavy (non-hydrogen) atoms. The molecule has 2 aromatic heterocycles. The van der Waals surface area contributed by atoms with Gasteiger partial charge in [-0.2, -0.15) is 11.3 Å². The molecule has 116 valence electrons. The van der Waals surface area contributed by atoms with E-state index in [0.717, 1.165) is 17.1 Å². The standard InChI is InChI=1S/C16H14N4OS2/c1-2-20-15(12-8-9-22-10-12)18-19-16(20)23-11-14(21)17-13-6-4-3-5-7-13/h2-10H,1,11H2,(H,17,21). The molecule has 0 bridgehead atoms. The van der Waals surface area contributed by atoms with Crippen LogP contribution in [0.1, 0.15) is 0 Å². The average Bonchev–Trinajstić information content (AvgIpc) is 3.22. The first-order valence-corrected chi connectivity index (χ1v) is 8.78. The number of hydrogen-bond donors (Lipinski definition) is 1. The van der Waals surface area contributed by atoms with Crippen LogP contribution in [0.25, 0.3) is 17.6 Å². The van der Waals surface area contributed by atoms with E-state index in [1.165, 1.54) is 11.8 Å². The molecule has 5 nitrogen and oxygen atoms in total. The van der Waals surface area contributed by atoms with Gasteiger partial charge in [-0.3, -0.25) is 9.36 Å². The lowest BCUT2D eigenvalue weighted by atomic mass is 10.3. The Morgan fingerprint density at radius 2 is 2.13 bits per heavy atom. The van der Waals surface area contributed by atoms with Crippen LogP contribution in [0.2, 0.25) is 0 Å². The van der Waals surface area contributed by atoms with Gasteiger partial charge in [-0.25, -0.2) is 0 Å². The zero-order valence-electron chi connectivity index (χ0n) is 12.2. The minimum Gasteiger partial charge on any atom is -0.325 e. The van der Waals surface area contributed by atoms with Crippen LogP contribution in [-0.2, 0) is 4.79 Å². The Morgan fingerprint density at radius 1 is 1.30 bits per heavy atom. The van der Waals surface area contributed by atoms with E-state index in [4.69, 9.17) is 0 Å². The van der Waals surface area contributed by atoms with Crippen molar-refractivity contribution >= 4 is 40.9 Å². The Hall–Kier alpha value is -2.38. The third kappa shape index (κ3) is 3.69. The normalized spacial score (nSPS) is 10.4. The van der Waals surface area contributed by atoms with Gasteiger partial charge in [-0.15, -0.1) is 10.2 Å². The van der Waals surface area contributed by atoms with Gasteiger partial charge >= 0.3 is 0 Å². The number of thioether (sulfide) groups is 1. The van der Waals surface area contributed by atoms with E-state index in [0.29, 0.717) is 5.16 Å². The minimum atomic E-state index is -0.0862. The van der Waals surface area contributed by atoms with Gasteiger partial charge in [0.15, 0.2) is 11.0 Å². The molecule has 1 amide bonds. The molecule has 0 unspecified atom stereocenters. The lowest BCUT2D eigenvalue weighted by Gasteiger charge is -2.05. The Balaban J connectivity index is 1.67. The van der Waals surface area contributed by atoms with E-state index in [1.807, 2.05) is 47.2 Å². The van der Waals surface area contributed by atoms with E-state index < -0.39 is 0 Å². The summed E-state index contributed by atoms with van der Waals surface area (Å²) in [6.45, 7) is 3.80. The number of rotatable bonds is 6. The van der Waals surface area contributed by atoms with Crippen molar-refractivity contribution in [2.45, 2.75) is 5.16 Å². The number of amides is 1. The number of carbonyl (C=O) groups excluding carboxylic acids is 1. The Kier molecular flexibility index (Phi) is 4.89. The van der Waals surface area contributed by atoms with Gasteiger partial charge in [-0.05, 0) is 23.6 Å². The average molecular weight is 342 g/mol. The number of hydrogen-bond acceptors (Lipinski definition) is 5. The van der Waals surface area contributed by atoms with Crippen LogP contribution < -0.4 is 5.32 Å². The lowest BCUT2D eigenvalue weighted by Crippen LogP contribution is -2.14. The number of thiophene rings is 1. The van der Waals surface area contributed by atoms with E-state index in [9.17, 15) is 4.79 Å². The van der Waals surface area contributed by atoms with E-state index >= 15 is 0 Å². The fraction of sp³-hybridized carbons (Fsp3) is 0.0625. The second-order valence-electron chi connectivity index (χ2n) is 4.57. The van der Waals surface area contributed by atoms with Crippen molar-refractivity contribution in [2.75, 3.05) is 11.1 Å². The van der Waals surface area contributed by atoms with Crippen LogP contribution in [0.5, 0.6) is 0 Å². The number of aromatic nitrogens is 3. The third-order valence-electron chi connectivity index (χ3n) is 3.02. The molecule has 0 aliphatic heterocycles. The molecular weight excluding hydrogens is 328 g/mol. The third-order valence-corrected chi connectivity index (χ3v) is 4.64. The van der Waals surface area contributed by atoms with Gasteiger partial charge in [0.05, 0.1) is 5.75 Å². The van der Waals surface area contributed by atoms with E-state index in [1.54, 1.807) is 22.1 Å². The van der Waals surface area contributed by atoms with Crippen molar-refractivity contribution < 1.29 is 4.79 Å². The zero-order chi connectivity index (χ0) is 16.1. The van der Waals surface area contributed by atoms with Crippen molar-refractivity contribution in [1.82, 2.24) is 14.8 Å². The first kappa shape index (κ1) is 15.5. The molecule has 0 radical (unpaired) electrons. The molecular formula is C16H14N4OS2. The maximum absolute atomic E-state index is 12.0. The predicted molar refractivity (Wildman–Crippen MR) is 95.5 cm³/mol. The van der Waals surface area contributed by atoms with Crippen LogP contribution in [0.4, 0.5) is 5.69 Å². The van der Waals surface area contributed by atoms with Gasteiger partial charge < -0.3 is 5.32 Å². The fourth-order valence-electron chi connectivity index (χ4n) is 1.98. The smallest absolute Gasteiger partial charge is 0.234 e. The summed E-state index contributed by atoms with van der Waals surface area (Å²) in [6, 6.07) is 11.3. The predicted octanol–water partition coefficient (Wildman–Crippen LogP) is 3.84. The maximum atomic E-state index is 12.0. The SMILES string of the molecule is C=Cn1c(SCC(=O)Nc2ccccc2)nnc1-c1ccsc1. The lowest BCUT2D eigenvalue weighted by molar-refractivity contribution is -0.113. The van der Waals surface area contributed by atoms with Crippen molar-refractivity contribution in [3.8, 4) is 11.4 Å². The number of para-hydroxylation sites is 1. The molecule has 0 saturated carbocycles. The Bertz CT molecular complexity index is 797. The van der Waals surface area contributed by atoms with Crippen LogP contribution in [-0.4, -0.2) is 26.4 Å². The zero-order valence-corrected chi connectivity index (χ0v) is 13.8. The van der Waals surface area contributed by atoms with Crippen molar-refractivity contribution in [3.05, 3.63) is 53.7 Å². The molecule has 0 fully saturated rings. The highest BCUT2D eigenvalue weighted by Gasteiger charge is 2.14. The first-order valence-electron chi connectivity index (χ1n) is 6.85. The van der Waals surface area contributed by atoms with Gasteiger partial charge in [0.2, 0.25) is 5.91 Å². The highest BCUT2D eigenvalue weighted by atomic mass is 32.2. The van der Waals surface area contributed by atoms with Crippen LogP contribution in [0, 0.1) is 0 Å². The molecule has 0 atom stereocenters. The van der Waals surface area contributed by atoms with Crippen LogP contribution >= 0.6 is 23.1 Å². The highest BCUT2D eigenvalue weighted by Crippen LogP contribution is 2.25. The molecule has 1 N–H and O–H groups in total. The summed E-state index contributed by atoms with van der Waals surface area (Å²) < 4.78 is 1.79. The summed E-state index contributed by atoms with van der Waals surface area (Å²) in [6.07, 6.45) is 1.66. The number of nitrogens with zero attached hydrogens (tertiary/aromatic N) is 3. The summed E-state index contributed by atoms with van der Waals surface area (Å²) >= 11 is 2.92. The summed E-state index contributed by atoms with van der Waals surface area (Å²) in [7, 11) is 0. The fourth-order valence-corrected chi connectivity index (χ4v) is 3.34. The Labute approximate surface area is 142 Å². The quantitative estimate of drug-likeness (QED) is 0.692. The molecule has 3 rings (SSSR count). The monoisotopic (exact) mass is 342 g/mol. The van der Waals surface area contributed by atoms with Gasteiger partial charge in [0, 0.05) is 22.8 Å². The van der Waals surface area contributed by atoms with Crippen LogP contribution in [0.15, 0.2) is 58.9 Å². The largest absolute Gasteiger partial charge is 0.325 e. The Morgan fingerprint density at radius 3 is 2.83 bits per heavy atom. The second kappa shape index (κ2) is 7.26.